The molecular weight excluding hydrogens is 525 g/mol. The highest BCUT2D eigenvalue weighted by atomic mass is 35.5. The molecule has 1 aliphatic rings. The lowest BCUT2D eigenvalue weighted by Crippen LogP contribution is -2.62. The van der Waals surface area contributed by atoms with Gasteiger partial charge in [0.05, 0.1) is 63.6 Å². The molecule has 1 unspecified atom stereocenters. The van der Waals surface area contributed by atoms with Crippen LogP contribution >= 0.6 is 23.2 Å². The summed E-state index contributed by atoms with van der Waals surface area (Å²) in [7, 11) is 4.75. The van der Waals surface area contributed by atoms with Gasteiger partial charge in [0.25, 0.3) is 0 Å². The van der Waals surface area contributed by atoms with Gasteiger partial charge in [0, 0.05) is 17.8 Å². The molecule has 3 rings (SSSR count). The van der Waals surface area contributed by atoms with E-state index in [0.29, 0.717) is 33.2 Å². The van der Waals surface area contributed by atoms with Gasteiger partial charge in [0.15, 0.2) is 17.9 Å². The molecule has 1 aliphatic heterocycles. The molecule has 212 valence electrons. The maximum atomic E-state index is 10.8. The predicted octanol–water partition coefficient (Wildman–Crippen LogP) is 5.57. The van der Waals surface area contributed by atoms with E-state index in [1.807, 2.05) is 29.2 Å². The van der Waals surface area contributed by atoms with Gasteiger partial charge in [0.2, 0.25) is 5.75 Å². The molecule has 1 heterocycles. The van der Waals surface area contributed by atoms with Crippen molar-refractivity contribution in [3.05, 3.63) is 45.9 Å². The number of nitrogens with two attached hydrogens (primary N) is 1. The highest BCUT2D eigenvalue weighted by Crippen LogP contribution is 2.42. The summed E-state index contributed by atoms with van der Waals surface area (Å²) in [6.45, 7) is 10.7. The van der Waals surface area contributed by atoms with Crippen molar-refractivity contribution in [2.24, 2.45) is 17.6 Å². The van der Waals surface area contributed by atoms with Crippen LogP contribution in [0.5, 0.6) is 17.2 Å². The maximum absolute atomic E-state index is 10.8. The van der Waals surface area contributed by atoms with Crippen LogP contribution < -0.4 is 24.8 Å². The number of ether oxygens (including phenoxy) is 3. The molecule has 0 bridgehead atoms. The number of aliphatic hydroxyl groups is 1. The molecule has 0 aliphatic carbocycles. The minimum absolute atomic E-state index is 0.00983. The summed E-state index contributed by atoms with van der Waals surface area (Å²) in [6.07, 6.45) is 2.09. The molecule has 3 N–H and O–H groups in total. The molecule has 0 saturated carbocycles. The summed E-state index contributed by atoms with van der Waals surface area (Å²) in [5.41, 5.74) is 8.19. The SMILES string of the molecule is CC[N+]1(C[C@@H](C(C)C)N(c2cc(OC)c(OC)c(OC)c2)C(N)O)CCC(Cc2ccc(Cl)c(Cl)c2)CC1. The Hall–Kier alpha value is -1.90. The fraction of sp³-hybridized carbons (Fsp3) is 0.586. The van der Waals surface area contributed by atoms with Crippen molar-refractivity contribution >= 4 is 28.9 Å². The summed E-state index contributed by atoms with van der Waals surface area (Å²) < 4.78 is 17.6. The van der Waals surface area contributed by atoms with Crippen molar-refractivity contribution in [1.82, 2.24) is 0 Å². The minimum atomic E-state index is -1.19. The number of piperidine rings is 1. The molecule has 7 nitrogen and oxygen atoms in total. The van der Waals surface area contributed by atoms with Crippen LogP contribution in [-0.2, 0) is 6.42 Å². The van der Waals surface area contributed by atoms with Gasteiger partial charge in [-0.2, -0.15) is 0 Å². The summed E-state index contributed by atoms with van der Waals surface area (Å²) in [5.74, 6) is 2.40. The van der Waals surface area contributed by atoms with Crippen LogP contribution in [0.2, 0.25) is 10.0 Å². The number of aliphatic hydroxyl groups excluding tert-OH is 1. The first-order chi connectivity index (χ1) is 18.1. The summed E-state index contributed by atoms with van der Waals surface area (Å²) in [5, 5.41) is 12.0. The molecule has 0 spiro atoms. The normalized spacial score (nSPS) is 21.2. The van der Waals surface area contributed by atoms with E-state index in [-0.39, 0.29) is 12.0 Å². The average Bonchev–Trinajstić information content (AvgIpc) is 2.90. The largest absolute Gasteiger partial charge is 0.493 e. The van der Waals surface area contributed by atoms with Gasteiger partial charge >= 0.3 is 0 Å². The number of rotatable bonds is 12. The second-order valence-corrected chi connectivity index (χ2v) is 11.5. The monoisotopic (exact) mass is 568 g/mol. The third kappa shape index (κ3) is 6.99. The topological polar surface area (TPSA) is 77.2 Å². The van der Waals surface area contributed by atoms with Crippen molar-refractivity contribution in [3.63, 3.8) is 0 Å². The predicted molar refractivity (Wildman–Crippen MR) is 156 cm³/mol. The van der Waals surface area contributed by atoms with E-state index in [4.69, 9.17) is 43.1 Å². The Bertz CT molecular complexity index is 1030. The Balaban J connectivity index is 1.83. The van der Waals surface area contributed by atoms with Crippen LogP contribution in [0.4, 0.5) is 5.69 Å². The third-order valence-corrected chi connectivity index (χ3v) is 8.88. The van der Waals surface area contributed by atoms with Gasteiger partial charge in [-0.15, -0.1) is 0 Å². The first-order valence-corrected chi connectivity index (χ1v) is 14.1. The number of halogens is 2. The average molecular weight is 570 g/mol. The lowest BCUT2D eigenvalue weighted by atomic mass is 9.87. The smallest absolute Gasteiger partial charge is 0.203 e. The number of methoxy groups -OCH3 is 3. The second kappa shape index (κ2) is 13.4. The standard InChI is InChI=1S/C29H44Cl2N3O4/c1-7-34(12-10-20(11-13-34)14-21-8-9-23(30)24(31)15-21)18-25(19(2)3)33(29(32)35)22-16-26(36-4)28(38-6)27(17-22)37-5/h8-9,15-17,19-20,25,29,35H,7,10-14,18,32H2,1-6H3/q+1/t20?,25-,29?,34?/m0/s1. The number of nitrogens with zero attached hydrogens (tertiary/aromatic N) is 2. The van der Waals surface area contributed by atoms with Gasteiger partial charge in [-0.25, -0.2) is 0 Å². The number of anilines is 1. The van der Waals surface area contributed by atoms with Gasteiger partial charge in [-0.3, -0.25) is 5.73 Å². The number of likely N-dealkylation sites (tertiary alicyclic amines) is 1. The number of hydrogen-bond donors (Lipinski definition) is 2. The number of quaternary nitrogens is 1. The van der Waals surface area contributed by atoms with E-state index >= 15 is 0 Å². The summed E-state index contributed by atoms with van der Waals surface area (Å²) in [6, 6.07) is 9.66. The third-order valence-electron chi connectivity index (χ3n) is 8.14. The van der Waals surface area contributed by atoms with Crippen LogP contribution in [0.25, 0.3) is 0 Å². The van der Waals surface area contributed by atoms with Crippen LogP contribution in [0.3, 0.4) is 0 Å². The molecule has 0 amide bonds. The fourth-order valence-electron chi connectivity index (χ4n) is 5.77. The minimum Gasteiger partial charge on any atom is -0.493 e. The van der Waals surface area contributed by atoms with Gasteiger partial charge in [-0.05, 0) is 55.7 Å². The van der Waals surface area contributed by atoms with Crippen LogP contribution in [0, 0.1) is 11.8 Å². The fourth-order valence-corrected chi connectivity index (χ4v) is 6.10. The van der Waals surface area contributed by atoms with E-state index in [2.05, 4.69) is 26.8 Å². The van der Waals surface area contributed by atoms with Crippen LogP contribution in [0.15, 0.2) is 30.3 Å². The van der Waals surface area contributed by atoms with Crippen LogP contribution in [0.1, 0.15) is 39.2 Å². The van der Waals surface area contributed by atoms with E-state index in [0.717, 1.165) is 55.6 Å². The van der Waals surface area contributed by atoms with E-state index in [1.165, 1.54) is 5.56 Å². The van der Waals surface area contributed by atoms with Gasteiger partial charge < -0.3 is 28.7 Å². The number of likely N-dealkylation sites (N-methyl/N-ethyl adjacent to an activating group) is 1. The van der Waals surface area contributed by atoms with Crippen molar-refractivity contribution in [2.45, 2.75) is 52.4 Å². The lowest BCUT2D eigenvalue weighted by Gasteiger charge is -2.48. The zero-order chi connectivity index (χ0) is 28.0. The second-order valence-electron chi connectivity index (χ2n) is 10.7. The zero-order valence-electron chi connectivity index (χ0n) is 23.5. The number of hydrogen-bond acceptors (Lipinski definition) is 6. The van der Waals surface area contributed by atoms with Crippen molar-refractivity contribution in [3.8, 4) is 17.2 Å². The van der Waals surface area contributed by atoms with Gasteiger partial charge in [0.1, 0.15) is 0 Å². The Labute approximate surface area is 237 Å². The van der Waals surface area contributed by atoms with Crippen molar-refractivity contribution in [2.75, 3.05) is 52.4 Å². The zero-order valence-corrected chi connectivity index (χ0v) is 25.1. The lowest BCUT2D eigenvalue weighted by molar-refractivity contribution is -0.933. The van der Waals surface area contributed by atoms with E-state index in [1.54, 1.807) is 21.3 Å². The maximum Gasteiger partial charge on any atom is 0.203 e. The molecule has 9 heteroatoms. The van der Waals surface area contributed by atoms with Gasteiger partial charge in [-0.1, -0.05) is 43.1 Å². The highest BCUT2D eigenvalue weighted by molar-refractivity contribution is 6.42. The summed E-state index contributed by atoms with van der Waals surface area (Å²) >= 11 is 12.4. The van der Waals surface area contributed by atoms with Crippen LogP contribution in [-0.4, -0.2) is 69.5 Å². The molecule has 1 saturated heterocycles. The molecule has 0 aromatic heterocycles. The summed E-state index contributed by atoms with van der Waals surface area (Å²) in [4.78, 5) is 1.90. The molecule has 2 aromatic rings. The molecular formula is C29H44Cl2N3O4+. The highest BCUT2D eigenvalue weighted by Gasteiger charge is 2.39. The molecule has 1 fully saturated rings. The molecule has 0 radical (unpaired) electrons. The Kier molecular flexibility index (Phi) is 10.8. The quantitative estimate of drug-likeness (QED) is 0.257. The first kappa shape index (κ1) is 30.6. The Morgan fingerprint density at radius 2 is 1.61 bits per heavy atom. The number of benzene rings is 2. The van der Waals surface area contributed by atoms with E-state index < -0.39 is 6.35 Å². The Morgan fingerprint density at radius 1 is 1.00 bits per heavy atom. The molecule has 2 aromatic carbocycles. The van der Waals surface area contributed by atoms with Crippen molar-refractivity contribution in [1.29, 1.82) is 0 Å². The molecule has 2 atom stereocenters. The molecule has 38 heavy (non-hydrogen) atoms. The Morgan fingerprint density at radius 3 is 2.05 bits per heavy atom. The van der Waals surface area contributed by atoms with Crippen molar-refractivity contribution < 1.29 is 23.8 Å². The first-order valence-electron chi connectivity index (χ1n) is 13.4. The van der Waals surface area contributed by atoms with E-state index in [9.17, 15) is 5.11 Å².